The SMILES string of the molecule is c1ccc(-c2cccc(-c3cccc4sc5c(-c6nc(-c7ccccc7)nc(-c7ccc8c(c7)oc7ccccc78)n6)cccc5c34)c2)cc1. The van der Waals surface area contributed by atoms with Gasteiger partial charge >= 0.3 is 0 Å². The molecule has 5 heteroatoms. The van der Waals surface area contributed by atoms with E-state index < -0.39 is 0 Å². The highest BCUT2D eigenvalue weighted by Gasteiger charge is 2.19. The second-order valence-corrected chi connectivity index (χ2v) is 13.4. The summed E-state index contributed by atoms with van der Waals surface area (Å²) < 4.78 is 8.62. The quantitative estimate of drug-likeness (QED) is 0.185. The lowest BCUT2D eigenvalue weighted by Crippen LogP contribution is -2.00. The molecule has 10 aromatic rings. The summed E-state index contributed by atoms with van der Waals surface area (Å²) in [6, 6.07) is 56.9. The van der Waals surface area contributed by atoms with Crippen molar-refractivity contribution in [1.82, 2.24) is 15.0 Å². The third-order valence-electron chi connectivity index (χ3n) is 9.35. The van der Waals surface area contributed by atoms with E-state index >= 15 is 0 Å². The number of benzene rings is 7. The third kappa shape index (κ3) is 4.79. The van der Waals surface area contributed by atoms with E-state index in [-0.39, 0.29) is 0 Å². The van der Waals surface area contributed by atoms with Crippen LogP contribution in [0, 0.1) is 0 Å². The van der Waals surface area contributed by atoms with Crippen LogP contribution >= 0.6 is 11.3 Å². The first-order valence-corrected chi connectivity index (χ1v) is 17.4. The number of para-hydroxylation sites is 1. The lowest BCUT2D eigenvalue weighted by atomic mass is 9.95. The summed E-state index contributed by atoms with van der Waals surface area (Å²) in [4.78, 5) is 15.3. The number of thiophene rings is 1. The Bertz CT molecular complexity index is 2870. The molecule has 0 radical (unpaired) electrons. The zero-order valence-corrected chi connectivity index (χ0v) is 27.6. The van der Waals surface area contributed by atoms with Crippen LogP contribution in [0.3, 0.4) is 0 Å². The van der Waals surface area contributed by atoms with E-state index in [1.54, 1.807) is 11.3 Å². The fraction of sp³-hybridized carbons (Fsp3) is 0. The highest BCUT2D eigenvalue weighted by atomic mass is 32.1. The van der Waals surface area contributed by atoms with Crippen molar-refractivity contribution in [2.24, 2.45) is 0 Å². The Kier molecular flexibility index (Phi) is 6.64. The molecule has 0 saturated carbocycles. The first-order chi connectivity index (χ1) is 24.8. The molecule has 4 nitrogen and oxygen atoms in total. The molecule has 0 spiro atoms. The van der Waals surface area contributed by atoms with Crippen molar-refractivity contribution in [3.05, 3.63) is 164 Å². The van der Waals surface area contributed by atoms with Crippen molar-refractivity contribution < 1.29 is 4.42 Å². The smallest absolute Gasteiger partial charge is 0.165 e. The zero-order valence-electron chi connectivity index (χ0n) is 26.7. The predicted octanol–water partition coefficient (Wildman–Crippen LogP) is 12.5. The maximum absolute atomic E-state index is 6.25. The topological polar surface area (TPSA) is 51.8 Å². The van der Waals surface area contributed by atoms with Crippen LogP contribution in [0.5, 0.6) is 0 Å². The fourth-order valence-corrected chi connectivity index (χ4v) is 8.21. The van der Waals surface area contributed by atoms with Crippen molar-refractivity contribution >= 4 is 53.4 Å². The zero-order chi connectivity index (χ0) is 33.0. The molecule has 0 aliphatic heterocycles. The molecular weight excluding hydrogens is 631 g/mol. The van der Waals surface area contributed by atoms with Gasteiger partial charge in [0.2, 0.25) is 0 Å². The van der Waals surface area contributed by atoms with Gasteiger partial charge in [0, 0.05) is 47.6 Å². The Hall–Kier alpha value is -6.43. The van der Waals surface area contributed by atoms with Gasteiger partial charge in [-0.25, -0.2) is 15.0 Å². The maximum atomic E-state index is 6.25. The molecule has 0 N–H and O–H groups in total. The van der Waals surface area contributed by atoms with Crippen LogP contribution in [0.4, 0.5) is 0 Å². The lowest BCUT2D eigenvalue weighted by molar-refractivity contribution is 0.669. The predicted molar refractivity (Wildman–Crippen MR) is 207 cm³/mol. The van der Waals surface area contributed by atoms with Gasteiger partial charge in [0.05, 0.1) is 0 Å². The normalized spacial score (nSPS) is 11.6. The van der Waals surface area contributed by atoms with Gasteiger partial charge < -0.3 is 4.42 Å². The van der Waals surface area contributed by atoms with Crippen LogP contribution in [0.2, 0.25) is 0 Å². The molecule has 50 heavy (non-hydrogen) atoms. The molecule has 0 aliphatic carbocycles. The number of fused-ring (bicyclic) bond motifs is 6. The standard InChI is InChI=1S/C45H27N3OS/c1-3-12-28(13-4-1)30-16-9-17-31(26-30)33-19-11-23-40-41(33)36-20-10-21-37(42(36)50-40)45-47-43(29-14-5-2-6-15-29)46-44(48-45)32-24-25-35-34-18-7-8-22-38(34)49-39(35)27-32/h1-27H. The summed E-state index contributed by atoms with van der Waals surface area (Å²) in [5, 5.41) is 4.60. The molecule has 3 heterocycles. The molecule has 0 unspecified atom stereocenters. The first-order valence-electron chi connectivity index (χ1n) is 16.6. The van der Waals surface area contributed by atoms with Gasteiger partial charge in [-0.1, -0.05) is 127 Å². The molecule has 0 amide bonds. The Morgan fingerprint density at radius 2 is 1.00 bits per heavy atom. The van der Waals surface area contributed by atoms with E-state index in [1.165, 1.54) is 37.7 Å². The number of aromatic nitrogens is 3. The molecule has 10 rings (SSSR count). The van der Waals surface area contributed by atoms with E-state index in [4.69, 9.17) is 19.4 Å². The van der Waals surface area contributed by atoms with Crippen molar-refractivity contribution in [1.29, 1.82) is 0 Å². The first kappa shape index (κ1) is 28.6. The molecular formula is C45H27N3OS. The Balaban J connectivity index is 1.16. The molecule has 0 fully saturated rings. The summed E-state index contributed by atoms with van der Waals surface area (Å²) in [5.41, 5.74) is 9.28. The number of rotatable bonds is 5. The molecule has 234 valence electrons. The van der Waals surface area contributed by atoms with Crippen LogP contribution in [-0.2, 0) is 0 Å². The van der Waals surface area contributed by atoms with Crippen LogP contribution in [-0.4, -0.2) is 15.0 Å². The van der Waals surface area contributed by atoms with Crippen LogP contribution in [0.1, 0.15) is 0 Å². The van der Waals surface area contributed by atoms with Gasteiger partial charge in [-0.3, -0.25) is 0 Å². The summed E-state index contributed by atoms with van der Waals surface area (Å²) in [6.45, 7) is 0. The van der Waals surface area contributed by atoms with E-state index in [9.17, 15) is 0 Å². The average Bonchev–Trinajstić information content (AvgIpc) is 3.77. The molecule has 0 atom stereocenters. The largest absolute Gasteiger partial charge is 0.456 e. The van der Waals surface area contributed by atoms with E-state index in [0.717, 1.165) is 43.3 Å². The molecule has 0 saturated heterocycles. The lowest BCUT2D eigenvalue weighted by Gasteiger charge is -2.10. The highest BCUT2D eigenvalue weighted by Crippen LogP contribution is 2.44. The van der Waals surface area contributed by atoms with Gasteiger partial charge in [-0.15, -0.1) is 11.3 Å². The van der Waals surface area contributed by atoms with Gasteiger partial charge in [0.1, 0.15) is 11.2 Å². The van der Waals surface area contributed by atoms with E-state index in [0.29, 0.717) is 17.5 Å². The van der Waals surface area contributed by atoms with Crippen LogP contribution in [0.15, 0.2) is 168 Å². The Labute approximate surface area is 292 Å². The summed E-state index contributed by atoms with van der Waals surface area (Å²) in [6.07, 6.45) is 0. The number of hydrogen-bond donors (Lipinski definition) is 0. The summed E-state index contributed by atoms with van der Waals surface area (Å²) in [7, 11) is 0. The summed E-state index contributed by atoms with van der Waals surface area (Å²) >= 11 is 1.78. The van der Waals surface area contributed by atoms with Gasteiger partial charge in [0.15, 0.2) is 17.5 Å². The minimum Gasteiger partial charge on any atom is -0.456 e. The van der Waals surface area contributed by atoms with Crippen molar-refractivity contribution in [3.63, 3.8) is 0 Å². The van der Waals surface area contributed by atoms with Crippen molar-refractivity contribution in [3.8, 4) is 56.4 Å². The van der Waals surface area contributed by atoms with Crippen LogP contribution in [0.25, 0.3) is 98.5 Å². The Morgan fingerprint density at radius 3 is 1.86 bits per heavy atom. The summed E-state index contributed by atoms with van der Waals surface area (Å²) in [5.74, 6) is 1.88. The molecule has 3 aromatic heterocycles. The Morgan fingerprint density at radius 1 is 0.380 bits per heavy atom. The average molecular weight is 658 g/mol. The van der Waals surface area contributed by atoms with E-state index in [1.807, 2.05) is 54.6 Å². The van der Waals surface area contributed by atoms with Gasteiger partial charge in [-0.2, -0.15) is 0 Å². The third-order valence-corrected chi connectivity index (χ3v) is 10.6. The fourth-order valence-electron chi connectivity index (χ4n) is 6.97. The van der Waals surface area contributed by atoms with Gasteiger partial charge in [0.25, 0.3) is 0 Å². The van der Waals surface area contributed by atoms with E-state index in [2.05, 4.69) is 109 Å². The number of nitrogens with zero attached hydrogens (tertiary/aromatic N) is 3. The van der Waals surface area contributed by atoms with Crippen molar-refractivity contribution in [2.45, 2.75) is 0 Å². The number of furan rings is 1. The highest BCUT2D eigenvalue weighted by molar-refractivity contribution is 7.26. The second-order valence-electron chi connectivity index (χ2n) is 12.4. The molecule has 0 bridgehead atoms. The minimum absolute atomic E-state index is 0.604. The second kappa shape index (κ2) is 11.6. The van der Waals surface area contributed by atoms with Crippen molar-refractivity contribution in [2.75, 3.05) is 0 Å². The monoisotopic (exact) mass is 657 g/mol. The number of hydrogen-bond acceptors (Lipinski definition) is 5. The van der Waals surface area contributed by atoms with Gasteiger partial charge in [-0.05, 0) is 58.7 Å². The molecule has 7 aromatic carbocycles. The molecule has 0 aliphatic rings. The van der Waals surface area contributed by atoms with Crippen LogP contribution < -0.4 is 0 Å². The minimum atomic E-state index is 0.604. The maximum Gasteiger partial charge on any atom is 0.165 e.